The van der Waals surface area contributed by atoms with Crippen LogP contribution in [-0.4, -0.2) is 95.0 Å². The topological polar surface area (TPSA) is 58.6 Å². The number of hydrogen-bond donors (Lipinski definition) is 0. The van der Waals surface area contributed by atoms with Crippen molar-refractivity contribution in [1.29, 1.82) is 0 Å². The Morgan fingerprint density at radius 1 is 0.567 bits per heavy atom. The molecule has 0 saturated heterocycles. The zero-order chi connectivity index (χ0) is 22.7. The standard InChI is InChI=1S/C21H49NO6Si2/c1-8-25-29(6,26-9-2)20-12-16-23-18-14-22(5)15-19-24-17-13-21-30(7,27-10-3)28-11-4/h8-21H2,1-7H3. The van der Waals surface area contributed by atoms with Crippen LogP contribution in [0.3, 0.4) is 0 Å². The quantitative estimate of drug-likeness (QED) is 0.176. The fourth-order valence-corrected chi connectivity index (χ4v) is 8.10. The van der Waals surface area contributed by atoms with Crippen LogP contribution in [-0.2, 0) is 27.2 Å². The molecule has 7 nitrogen and oxygen atoms in total. The molecule has 0 spiro atoms. The van der Waals surface area contributed by atoms with Gasteiger partial charge in [-0.15, -0.1) is 0 Å². The van der Waals surface area contributed by atoms with Crippen LogP contribution in [0.5, 0.6) is 0 Å². The molecule has 0 saturated carbocycles. The SMILES string of the molecule is CCO[Si](C)(CCCOCCN(C)CCOCCC[Si](C)(OCC)OCC)OCC. The third-order valence-corrected chi connectivity index (χ3v) is 11.0. The molecule has 30 heavy (non-hydrogen) atoms. The molecule has 0 aromatic heterocycles. The van der Waals surface area contributed by atoms with Crippen molar-refractivity contribution in [3.63, 3.8) is 0 Å². The van der Waals surface area contributed by atoms with Gasteiger partial charge in [-0.25, -0.2) is 0 Å². The van der Waals surface area contributed by atoms with Crippen LogP contribution in [0.2, 0.25) is 25.2 Å². The lowest BCUT2D eigenvalue weighted by Gasteiger charge is -2.26. The summed E-state index contributed by atoms with van der Waals surface area (Å²) in [4.78, 5) is 2.25. The predicted molar refractivity (Wildman–Crippen MR) is 128 cm³/mol. The van der Waals surface area contributed by atoms with Crippen molar-refractivity contribution >= 4 is 17.1 Å². The summed E-state index contributed by atoms with van der Waals surface area (Å²) >= 11 is 0. The number of hydrogen-bond acceptors (Lipinski definition) is 7. The van der Waals surface area contributed by atoms with E-state index in [0.29, 0.717) is 0 Å². The fourth-order valence-electron chi connectivity index (χ4n) is 3.34. The third-order valence-electron chi connectivity index (χ3n) is 4.87. The number of nitrogens with zero attached hydrogens (tertiary/aromatic N) is 1. The first kappa shape index (κ1) is 30.2. The lowest BCUT2D eigenvalue weighted by Crippen LogP contribution is -2.39. The average molecular weight is 468 g/mol. The summed E-state index contributed by atoms with van der Waals surface area (Å²) in [6.45, 7) is 20.1. The van der Waals surface area contributed by atoms with Crippen molar-refractivity contribution in [2.45, 2.75) is 65.7 Å². The summed E-state index contributed by atoms with van der Waals surface area (Å²) in [6.07, 6.45) is 1.97. The van der Waals surface area contributed by atoms with Crippen LogP contribution in [0.15, 0.2) is 0 Å². The highest BCUT2D eigenvalue weighted by Gasteiger charge is 2.30. The van der Waals surface area contributed by atoms with Crippen molar-refractivity contribution in [3.05, 3.63) is 0 Å². The van der Waals surface area contributed by atoms with Crippen LogP contribution in [0.1, 0.15) is 40.5 Å². The van der Waals surface area contributed by atoms with E-state index in [4.69, 9.17) is 27.2 Å². The van der Waals surface area contributed by atoms with Crippen LogP contribution in [0.25, 0.3) is 0 Å². The number of likely N-dealkylation sites (N-methyl/N-ethyl adjacent to an activating group) is 1. The van der Waals surface area contributed by atoms with Gasteiger partial charge in [0.05, 0.1) is 13.2 Å². The Kier molecular flexibility index (Phi) is 18.8. The highest BCUT2D eigenvalue weighted by Crippen LogP contribution is 2.16. The van der Waals surface area contributed by atoms with E-state index in [2.05, 4.69) is 25.0 Å². The van der Waals surface area contributed by atoms with Gasteiger partial charge < -0.3 is 32.1 Å². The lowest BCUT2D eigenvalue weighted by atomic mass is 10.5. The minimum absolute atomic E-state index is 0.719. The van der Waals surface area contributed by atoms with Gasteiger partial charge in [-0.3, -0.25) is 0 Å². The maximum Gasteiger partial charge on any atom is 0.334 e. The molecule has 0 aliphatic rings. The molecule has 0 N–H and O–H groups in total. The molecule has 0 aromatic carbocycles. The largest absolute Gasteiger partial charge is 0.395 e. The Hall–Kier alpha value is 0.154. The van der Waals surface area contributed by atoms with Crippen LogP contribution < -0.4 is 0 Å². The van der Waals surface area contributed by atoms with E-state index in [1.54, 1.807) is 0 Å². The van der Waals surface area contributed by atoms with Crippen molar-refractivity contribution in [3.8, 4) is 0 Å². The number of ether oxygens (including phenoxy) is 2. The van der Waals surface area contributed by atoms with E-state index >= 15 is 0 Å². The molecule has 0 aliphatic carbocycles. The second kappa shape index (κ2) is 18.7. The highest BCUT2D eigenvalue weighted by molar-refractivity contribution is 6.66. The first-order valence-corrected chi connectivity index (χ1v) is 16.8. The fraction of sp³-hybridized carbons (Fsp3) is 1.00. The van der Waals surface area contributed by atoms with Crippen LogP contribution in [0.4, 0.5) is 0 Å². The first-order chi connectivity index (χ1) is 14.3. The van der Waals surface area contributed by atoms with Gasteiger partial charge >= 0.3 is 17.1 Å². The number of rotatable bonds is 22. The zero-order valence-corrected chi connectivity index (χ0v) is 22.8. The van der Waals surface area contributed by atoms with Crippen molar-refractivity contribution in [1.82, 2.24) is 4.90 Å². The van der Waals surface area contributed by atoms with Gasteiger partial charge in [-0.2, -0.15) is 0 Å². The van der Waals surface area contributed by atoms with E-state index in [1.807, 2.05) is 27.7 Å². The molecule has 0 aliphatic heterocycles. The Balaban J connectivity index is 3.69. The molecule has 0 amide bonds. The molecule has 0 radical (unpaired) electrons. The zero-order valence-electron chi connectivity index (χ0n) is 20.8. The summed E-state index contributed by atoms with van der Waals surface area (Å²) < 4.78 is 35.0. The van der Waals surface area contributed by atoms with Gasteiger partial charge in [0, 0.05) is 52.7 Å². The normalized spacial score (nSPS) is 12.8. The summed E-state index contributed by atoms with van der Waals surface area (Å²) in [7, 11) is -1.90. The first-order valence-electron chi connectivity index (χ1n) is 11.7. The molecule has 0 bridgehead atoms. The van der Waals surface area contributed by atoms with Gasteiger partial charge in [-0.05, 0) is 72.8 Å². The molecular weight excluding hydrogens is 418 g/mol. The van der Waals surface area contributed by atoms with E-state index in [9.17, 15) is 0 Å². The average Bonchev–Trinajstić information content (AvgIpc) is 2.68. The minimum atomic E-state index is -2.00. The third kappa shape index (κ3) is 15.9. The second-order valence-corrected chi connectivity index (χ2v) is 14.4. The van der Waals surface area contributed by atoms with E-state index in [0.717, 1.165) is 90.9 Å². The van der Waals surface area contributed by atoms with Gasteiger partial charge in [0.2, 0.25) is 0 Å². The highest BCUT2D eigenvalue weighted by atomic mass is 28.4. The van der Waals surface area contributed by atoms with Gasteiger partial charge in [-0.1, -0.05) is 0 Å². The second-order valence-electron chi connectivity index (χ2n) is 7.73. The Morgan fingerprint density at radius 3 is 1.20 bits per heavy atom. The maximum atomic E-state index is 5.86. The molecule has 0 fully saturated rings. The van der Waals surface area contributed by atoms with Crippen LogP contribution >= 0.6 is 0 Å². The molecule has 0 unspecified atom stereocenters. The van der Waals surface area contributed by atoms with Gasteiger partial charge in [0.25, 0.3) is 0 Å². The molecule has 0 aromatic rings. The lowest BCUT2D eigenvalue weighted by molar-refractivity contribution is 0.0824. The summed E-state index contributed by atoms with van der Waals surface area (Å²) in [5, 5.41) is 0. The van der Waals surface area contributed by atoms with Crippen LogP contribution in [0, 0.1) is 0 Å². The summed E-state index contributed by atoms with van der Waals surface area (Å²) in [5.74, 6) is 0. The molecule has 182 valence electrons. The molecular formula is C21H49NO6Si2. The van der Waals surface area contributed by atoms with E-state index in [1.165, 1.54) is 0 Å². The minimum Gasteiger partial charge on any atom is -0.395 e. The predicted octanol–water partition coefficient (Wildman–Crippen LogP) is 4.02. The van der Waals surface area contributed by atoms with Crippen molar-refractivity contribution in [2.75, 3.05) is 73.0 Å². The summed E-state index contributed by atoms with van der Waals surface area (Å²) in [5.41, 5.74) is 0. The Bertz CT molecular complexity index is 347. The van der Waals surface area contributed by atoms with E-state index in [-0.39, 0.29) is 0 Å². The molecule has 0 heterocycles. The van der Waals surface area contributed by atoms with E-state index < -0.39 is 17.1 Å². The van der Waals surface area contributed by atoms with Gasteiger partial charge in [0.1, 0.15) is 0 Å². The van der Waals surface area contributed by atoms with Crippen molar-refractivity contribution < 1.29 is 27.2 Å². The Labute approximate surface area is 188 Å². The smallest absolute Gasteiger partial charge is 0.334 e. The van der Waals surface area contributed by atoms with Crippen molar-refractivity contribution in [2.24, 2.45) is 0 Å². The molecule has 0 atom stereocenters. The monoisotopic (exact) mass is 467 g/mol. The maximum absolute atomic E-state index is 5.86. The molecule has 0 rings (SSSR count). The van der Waals surface area contributed by atoms with Gasteiger partial charge in [0.15, 0.2) is 0 Å². The Morgan fingerprint density at radius 2 is 0.900 bits per heavy atom. The molecule has 9 heteroatoms. The summed E-state index contributed by atoms with van der Waals surface area (Å²) in [6, 6.07) is 1.96.